The summed E-state index contributed by atoms with van der Waals surface area (Å²) < 4.78 is 11.4. The summed E-state index contributed by atoms with van der Waals surface area (Å²) in [6.45, 7) is 18.3. The number of allylic oxidation sites excluding steroid dienone is 1. The van der Waals surface area contributed by atoms with E-state index in [2.05, 4.69) is 70.7 Å². The van der Waals surface area contributed by atoms with Crippen LogP contribution < -0.4 is 4.74 Å². The van der Waals surface area contributed by atoms with Gasteiger partial charge in [-0.15, -0.1) is 0 Å². The second-order valence-corrected chi connectivity index (χ2v) is 10.8. The van der Waals surface area contributed by atoms with Crippen molar-refractivity contribution in [2.75, 3.05) is 0 Å². The molecule has 3 unspecified atom stereocenters. The van der Waals surface area contributed by atoms with Crippen molar-refractivity contribution in [3.05, 3.63) is 77.6 Å². The molecule has 2 aromatic rings. The lowest BCUT2D eigenvalue weighted by Gasteiger charge is -2.48. The molecule has 1 saturated carbocycles. The Labute approximate surface area is 200 Å². The number of ether oxygens (including phenoxy) is 2. The third kappa shape index (κ3) is 5.18. The maximum absolute atomic E-state index is 12.6. The Morgan fingerprint density at radius 1 is 1.06 bits per heavy atom. The van der Waals surface area contributed by atoms with Gasteiger partial charge in [-0.05, 0) is 81.0 Å². The van der Waals surface area contributed by atoms with E-state index in [1.807, 2.05) is 19.1 Å². The van der Waals surface area contributed by atoms with Crippen molar-refractivity contribution in [2.24, 2.45) is 11.3 Å². The zero-order valence-electron chi connectivity index (χ0n) is 21.5. The molecular formula is C30H40O3. The molecule has 0 aromatic heterocycles. The Morgan fingerprint density at radius 2 is 1.61 bits per heavy atom. The number of hydrogen-bond donors (Lipinski definition) is 0. The smallest absolute Gasteiger partial charge is 0.355 e. The van der Waals surface area contributed by atoms with Gasteiger partial charge in [-0.2, -0.15) is 0 Å². The SMILES string of the molecule is C=C(C)OC(=O)C(C)(CC)Oc1ccc(C2(c3ccc(C)cc3)CCC(C)(C)C(C)C2)cc1. The van der Waals surface area contributed by atoms with E-state index in [1.54, 1.807) is 13.8 Å². The van der Waals surface area contributed by atoms with Crippen LogP contribution in [0.3, 0.4) is 0 Å². The quantitative estimate of drug-likeness (QED) is 0.321. The topological polar surface area (TPSA) is 35.5 Å². The van der Waals surface area contributed by atoms with Gasteiger partial charge in [-0.25, -0.2) is 4.79 Å². The lowest BCUT2D eigenvalue weighted by Crippen LogP contribution is -2.42. The van der Waals surface area contributed by atoms with Crippen LogP contribution in [0, 0.1) is 18.3 Å². The van der Waals surface area contributed by atoms with Crippen molar-refractivity contribution in [3.8, 4) is 5.75 Å². The van der Waals surface area contributed by atoms with Crippen molar-refractivity contribution < 1.29 is 14.3 Å². The van der Waals surface area contributed by atoms with E-state index in [4.69, 9.17) is 9.47 Å². The monoisotopic (exact) mass is 448 g/mol. The largest absolute Gasteiger partial charge is 0.476 e. The van der Waals surface area contributed by atoms with Crippen LogP contribution in [0.2, 0.25) is 0 Å². The minimum Gasteiger partial charge on any atom is -0.476 e. The summed E-state index contributed by atoms with van der Waals surface area (Å²) in [7, 11) is 0. The minimum atomic E-state index is -1.06. The van der Waals surface area contributed by atoms with Gasteiger partial charge in [0.1, 0.15) is 5.75 Å². The minimum absolute atomic E-state index is 0.0197. The van der Waals surface area contributed by atoms with Crippen LogP contribution >= 0.6 is 0 Å². The van der Waals surface area contributed by atoms with Crippen LogP contribution in [-0.2, 0) is 14.9 Å². The maximum Gasteiger partial charge on any atom is 0.355 e. The maximum atomic E-state index is 12.6. The Morgan fingerprint density at radius 3 is 2.09 bits per heavy atom. The first-order valence-corrected chi connectivity index (χ1v) is 12.2. The molecule has 178 valence electrons. The van der Waals surface area contributed by atoms with Crippen molar-refractivity contribution in [1.82, 2.24) is 0 Å². The van der Waals surface area contributed by atoms with Crippen molar-refractivity contribution in [2.45, 2.75) is 85.2 Å². The van der Waals surface area contributed by atoms with Gasteiger partial charge in [-0.1, -0.05) is 76.2 Å². The second-order valence-electron chi connectivity index (χ2n) is 10.8. The van der Waals surface area contributed by atoms with Crippen LogP contribution in [0.5, 0.6) is 5.75 Å². The molecule has 1 fully saturated rings. The number of carbonyl (C=O) groups excluding carboxylic acids is 1. The normalized spacial score (nSPS) is 23.9. The fraction of sp³-hybridized carbons (Fsp3) is 0.500. The van der Waals surface area contributed by atoms with E-state index >= 15 is 0 Å². The first-order chi connectivity index (χ1) is 15.4. The summed E-state index contributed by atoms with van der Waals surface area (Å²) in [5, 5.41) is 0. The third-order valence-corrected chi connectivity index (χ3v) is 7.91. The van der Waals surface area contributed by atoms with Gasteiger partial charge >= 0.3 is 5.97 Å². The van der Waals surface area contributed by atoms with Crippen LogP contribution in [-0.4, -0.2) is 11.6 Å². The number of hydrogen-bond acceptors (Lipinski definition) is 3. The zero-order valence-corrected chi connectivity index (χ0v) is 21.5. The standard InChI is InChI=1S/C30H40O3/c1-9-29(8,27(31)32-21(2)3)33-26-16-14-25(15-17-26)30(24-12-10-22(4)11-13-24)19-18-28(6,7)23(5)20-30/h10-17,23H,2,9,18-20H2,1,3-8H3. The van der Waals surface area contributed by atoms with Gasteiger partial charge in [0.15, 0.2) is 0 Å². The molecule has 2 aromatic carbocycles. The predicted molar refractivity (Wildman–Crippen MR) is 135 cm³/mol. The molecule has 0 saturated heterocycles. The molecule has 0 aliphatic heterocycles. The highest BCUT2D eigenvalue weighted by Crippen LogP contribution is 2.53. The average Bonchev–Trinajstić information content (AvgIpc) is 2.76. The van der Waals surface area contributed by atoms with E-state index in [1.165, 1.54) is 23.1 Å². The molecule has 3 nitrogen and oxygen atoms in total. The van der Waals surface area contributed by atoms with Crippen molar-refractivity contribution >= 4 is 5.97 Å². The fourth-order valence-corrected chi connectivity index (χ4v) is 4.87. The number of benzene rings is 2. The highest BCUT2D eigenvalue weighted by molar-refractivity contribution is 5.80. The van der Waals surface area contributed by atoms with Crippen LogP contribution in [0.25, 0.3) is 0 Å². The molecule has 0 N–H and O–H groups in total. The third-order valence-electron chi connectivity index (χ3n) is 7.91. The van der Waals surface area contributed by atoms with Gasteiger partial charge < -0.3 is 9.47 Å². The summed E-state index contributed by atoms with van der Waals surface area (Å²) in [4.78, 5) is 12.6. The second kappa shape index (κ2) is 9.37. The molecule has 0 radical (unpaired) electrons. The first-order valence-electron chi connectivity index (χ1n) is 12.2. The number of carbonyl (C=O) groups is 1. The molecule has 0 spiro atoms. The number of aryl methyl sites for hydroxylation is 1. The Kier molecular flexibility index (Phi) is 7.12. The Balaban J connectivity index is 1.94. The lowest BCUT2D eigenvalue weighted by atomic mass is 9.56. The first kappa shape index (κ1) is 25.1. The van der Waals surface area contributed by atoms with E-state index in [9.17, 15) is 4.79 Å². The van der Waals surface area contributed by atoms with Gasteiger partial charge in [0.05, 0.1) is 5.76 Å². The fourth-order valence-electron chi connectivity index (χ4n) is 4.87. The summed E-state index contributed by atoms with van der Waals surface area (Å²) >= 11 is 0. The molecule has 3 rings (SSSR count). The number of rotatable bonds is 7. The average molecular weight is 449 g/mol. The van der Waals surface area contributed by atoms with Gasteiger partial charge in [0.25, 0.3) is 0 Å². The Bertz CT molecular complexity index is 986. The molecule has 3 atom stereocenters. The zero-order chi connectivity index (χ0) is 24.4. The summed E-state index contributed by atoms with van der Waals surface area (Å²) in [5.74, 6) is 1.22. The molecule has 33 heavy (non-hydrogen) atoms. The molecule has 1 aliphatic carbocycles. The molecule has 0 amide bonds. The molecule has 1 aliphatic rings. The predicted octanol–water partition coefficient (Wildman–Crippen LogP) is 7.75. The Hall–Kier alpha value is -2.55. The van der Waals surface area contributed by atoms with E-state index in [0.717, 1.165) is 12.8 Å². The van der Waals surface area contributed by atoms with Crippen LogP contribution in [0.15, 0.2) is 60.9 Å². The van der Waals surface area contributed by atoms with Crippen LogP contribution in [0.4, 0.5) is 0 Å². The van der Waals surface area contributed by atoms with Gasteiger partial charge in [-0.3, -0.25) is 0 Å². The van der Waals surface area contributed by atoms with Crippen molar-refractivity contribution in [1.29, 1.82) is 0 Å². The van der Waals surface area contributed by atoms with Crippen LogP contribution in [0.1, 0.15) is 83.9 Å². The lowest BCUT2D eigenvalue weighted by molar-refractivity contribution is -0.156. The highest BCUT2D eigenvalue weighted by atomic mass is 16.6. The van der Waals surface area contributed by atoms with Crippen molar-refractivity contribution in [3.63, 3.8) is 0 Å². The van der Waals surface area contributed by atoms with Gasteiger partial charge in [0, 0.05) is 5.41 Å². The molecule has 3 heteroatoms. The van der Waals surface area contributed by atoms with E-state index in [-0.39, 0.29) is 5.41 Å². The molecule has 0 bridgehead atoms. The number of esters is 1. The summed E-state index contributed by atoms with van der Waals surface area (Å²) in [6.07, 6.45) is 3.91. The summed E-state index contributed by atoms with van der Waals surface area (Å²) in [5.41, 5.74) is 3.23. The van der Waals surface area contributed by atoms with E-state index in [0.29, 0.717) is 29.3 Å². The highest BCUT2D eigenvalue weighted by Gasteiger charge is 2.45. The molecular weight excluding hydrogens is 408 g/mol. The van der Waals surface area contributed by atoms with E-state index < -0.39 is 11.6 Å². The summed E-state index contributed by atoms with van der Waals surface area (Å²) in [6, 6.07) is 17.4. The van der Waals surface area contributed by atoms with Gasteiger partial charge in [0.2, 0.25) is 5.60 Å². The molecule has 0 heterocycles.